The van der Waals surface area contributed by atoms with E-state index in [1.807, 2.05) is 19.0 Å². The van der Waals surface area contributed by atoms with Gasteiger partial charge in [-0.2, -0.15) is 26.3 Å². The van der Waals surface area contributed by atoms with Gasteiger partial charge in [-0.05, 0) is 50.0 Å². The fourth-order valence-corrected chi connectivity index (χ4v) is 2.36. The van der Waals surface area contributed by atoms with Crippen molar-refractivity contribution in [2.75, 3.05) is 19.4 Å². The van der Waals surface area contributed by atoms with Crippen LogP contribution >= 0.6 is 0 Å². The average molecular weight is 390 g/mol. The molecule has 0 unspecified atom stereocenters. The van der Waals surface area contributed by atoms with Gasteiger partial charge in [-0.25, -0.2) is 0 Å². The van der Waals surface area contributed by atoms with E-state index in [1.54, 1.807) is 12.1 Å². The van der Waals surface area contributed by atoms with E-state index in [2.05, 4.69) is 5.32 Å². The highest BCUT2D eigenvalue weighted by Gasteiger charge is 2.37. The molecule has 0 heterocycles. The van der Waals surface area contributed by atoms with E-state index in [0.29, 0.717) is 18.7 Å². The first-order valence-corrected chi connectivity index (χ1v) is 7.71. The van der Waals surface area contributed by atoms with E-state index in [4.69, 9.17) is 0 Å². The Bertz CT molecular complexity index is 778. The van der Waals surface area contributed by atoms with E-state index in [0.717, 1.165) is 5.56 Å². The predicted molar refractivity (Wildman–Crippen MR) is 88.2 cm³/mol. The number of hydrogen-bond acceptors (Lipinski definition) is 2. The van der Waals surface area contributed by atoms with Gasteiger partial charge in [0.25, 0.3) is 5.91 Å². The zero-order valence-electron chi connectivity index (χ0n) is 14.4. The quantitative estimate of drug-likeness (QED) is 0.742. The number of nitrogens with one attached hydrogen (secondary N) is 1. The highest BCUT2D eigenvalue weighted by Crippen LogP contribution is 2.37. The van der Waals surface area contributed by atoms with Crippen molar-refractivity contribution in [3.05, 3.63) is 64.7 Å². The van der Waals surface area contributed by atoms with Crippen molar-refractivity contribution in [1.82, 2.24) is 4.90 Å². The van der Waals surface area contributed by atoms with E-state index in [9.17, 15) is 31.1 Å². The molecular weight excluding hydrogens is 374 g/mol. The van der Waals surface area contributed by atoms with Crippen molar-refractivity contribution in [3.8, 4) is 0 Å². The third-order valence-electron chi connectivity index (χ3n) is 3.56. The third kappa shape index (κ3) is 5.72. The third-order valence-corrected chi connectivity index (χ3v) is 3.56. The number of benzene rings is 2. The van der Waals surface area contributed by atoms with Gasteiger partial charge in [0, 0.05) is 17.8 Å². The first kappa shape index (κ1) is 20.8. The van der Waals surface area contributed by atoms with Crippen LogP contribution < -0.4 is 5.32 Å². The molecule has 27 heavy (non-hydrogen) atoms. The van der Waals surface area contributed by atoms with Gasteiger partial charge in [-0.1, -0.05) is 12.1 Å². The summed E-state index contributed by atoms with van der Waals surface area (Å²) < 4.78 is 77.2. The van der Waals surface area contributed by atoms with Crippen LogP contribution in [0.3, 0.4) is 0 Å². The number of rotatable bonds is 4. The van der Waals surface area contributed by atoms with Crippen LogP contribution in [0.2, 0.25) is 0 Å². The number of carbonyl (C=O) groups excluding carboxylic acids is 1. The number of carbonyl (C=O) groups is 1. The second kappa shape index (κ2) is 7.59. The summed E-state index contributed by atoms with van der Waals surface area (Å²) >= 11 is 0. The summed E-state index contributed by atoms with van der Waals surface area (Å²) in [5, 5.41) is 2.09. The van der Waals surface area contributed by atoms with Crippen LogP contribution in [0, 0.1) is 0 Å². The first-order valence-electron chi connectivity index (χ1n) is 7.71. The number of nitrogens with zero attached hydrogens (tertiary/aromatic N) is 1. The standard InChI is InChI=1S/C18H16F6N2O/c1-26(2)10-11-3-5-12(6-4-11)16(27)25-15-8-13(17(19,20)21)7-14(9-15)18(22,23)24/h3-9H,10H2,1-2H3,(H,25,27). The van der Waals surface area contributed by atoms with Crippen LogP contribution in [-0.2, 0) is 18.9 Å². The number of anilines is 1. The number of halogens is 6. The zero-order valence-corrected chi connectivity index (χ0v) is 14.4. The van der Waals surface area contributed by atoms with Crippen LogP contribution in [0.4, 0.5) is 32.0 Å². The van der Waals surface area contributed by atoms with Crippen molar-refractivity contribution in [2.45, 2.75) is 18.9 Å². The number of alkyl halides is 6. The Kier molecular flexibility index (Phi) is 5.84. The van der Waals surface area contributed by atoms with Gasteiger partial charge in [0.2, 0.25) is 0 Å². The van der Waals surface area contributed by atoms with Gasteiger partial charge in [-0.15, -0.1) is 0 Å². The Hall–Kier alpha value is -2.55. The van der Waals surface area contributed by atoms with Crippen molar-refractivity contribution in [2.24, 2.45) is 0 Å². The number of hydrogen-bond donors (Lipinski definition) is 1. The summed E-state index contributed by atoms with van der Waals surface area (Å²) in [4.78, 5) is 14.1. The van der Waals surface area contributed by atoms with E-state index in [-0.39, 0.29) is 11.6 Å². The average Bonchev–Trinajstić information content (AvgIpc) is 2.53. The molecule has 0 aliphatic rings. The van der Waals surface area contributed by atoms with E-state index >= 15 is 0 Å². The van der Waals surface area contributed by atoms with Gasteiger partial charge < -0.3 is 10.2 Å². The molecule has 0 bridgehead atoms. The van der Waals surface area contributed by atoms with Gasteiger partial charge in [0.1, 0.15) is 0 Å². The molecule has 9 heteroatoms. The highest BCUT2D eigenvalue weighted by atomic mass is 19.4. The minimum Gasteiger partial charge on any atom is -0.322 e. The lowest BCUT2D eigenvalue weighted by Crippen LogP contribution is -2.16. The molecule has 0 saturated carbocycles. The van der Waals surface area contributed by atoms with Crippen LogP contribution in [0.5, 0.6) is 0 Å². The molecule has 146 valence electrons. The largest absolute Gasteiger partial charge is 0.416 e. The molecule has 0 radical (unpaired) electrons. The maximum Gasteiger partial charge on any atom is 0.416 e. The fraction of sp³-hybridized carbons (Fsp3) is 0.278. The molecule has 0 atom stereocenters. The van der Waals surface area contributed by atoms with Crippen molar-refractivity contribution >= 4 is 11.6 Å². The van der Waals surface area contributed by atoms with Crippen molar-refractivity contribution < 1.29 is 31.1 Å². The van der Waals surface area contributed by atoms with Crippen molar-refractivity contribution in [1.29, 1.82) is 0 Å². The summed E-state index contributed by atoms with van der Waals surface area (Å²) in [6.45, 7) is 0.616. The summed E-state index contributed by atoms with van der Waals surface area (Å²) in [6.07, 6.45) is -9.96. The molecule has 0 fully saturated rings. The van der Waals surface area contributed by atoms with Gasteiger partial charge in [-0.3, -0.25) is 4.79 Å². The molecule has 0 spiro atoms. The predicted octanol–water partition coefficient (Wildman–Crippen LogP) is 5.04. The second-order valence-corrected chi connectivity index (χ2v) is 6.18. The smallest absolute Gasteiger partial charge is 0.322 e. The molecule has 0 saturated heterocycles. The van der Waals surface area contributed by atoms with Crippen LogP contribution in [0.25, 0.3) is 0 Å². The minimum absolute atomic E-state index is 0.00565. The lowest BCUT2D eigenvalue weighted by atomic mass is 10.1. The Labute approximate surface area is 151 Å². The molecule has 3 nitrogen and oxygen atoms in total. The van der Waals surface area contributed by atoms with Gasteiger partial charge in [0.05, 0.1) is 11.1 Å². The first-order chi connectivity index (χ1) is 12.4. The SMILES string of the molecule is CN(C)Cc1ccc(C(=O)Nc2cc(C(F)(F)F)cc(C(F)(F)F)c2)cc1. The molecule has 1 amide bonds. The fourth-order valence-electron chi connectivity index (χ4n) is 2.36. The Morgan fingerprint density at radius 2 is 1.37 bits per heavy atom. The molecule has 0 aliphatic heterocycles. The topological polar surface area (TPSA) is 32.3 Å². The maximum atomic E-state index is 12.9. The van der Waals surface area contributed by atoms with Crippen molar-refractivity contribution in [3.63, 3.8) is 0 Å². The monoisotopic (exact) mass is 390 g/mol. The molecular formula is C18H16F6N2O. The number of amides is 1. The summed E-state index contributed by atoms with van der Waals surface area (Å²) in [7, 11) is 3.71. The van der Waals surface area contributed by atoms with E-state index in [1.165, 1.54) is 12.1 Å². The second-order valence-electron chi connectivity index (χ2n) is 6.18. The van der Waals surface area contributed by atoms with E-state index < -0.39 is 35.1 Å². The summed E-state index contributed by atoms with van der Waals surface area (Å²) in [5.41, 5.74) is -2.55. The van der Waals surface area contributed by atoms with Crippen LogP contribution in [0.15, 0.2) is 42.5 Å². The molecule has 2 aromatic rings. The molecule has 2 aromatic carbocycles. The molecule has 2 rings (SSSR count). The molecule has 0 aromatic heterocycles. The van der Waals surface area contributed by atoms with Gasteiger partial charge >= 0.3 is 12.4 Å². The Morgan fingerprint density at radius 1 is 0.889 bits per heavy atom. The lowest BCUT2D eigenvalue weighted by molar-refractivity contribution is -0.143. The zero-order chi connectivity index (χ0) is 20.4. The molecule has 0 aliphatic carbocycles. The van der Waals surface area contributed by atoms with Gasteiger partial charge in [0.15, 0.2) is 0 Å². The van der Waals surface area contributed by atoms with Crippen LogP contribution in [0.1, 0.15) is 27.0 Å². The highest BCUT2D eigenvalue weighted by molar-refractivity contribution is 6.04. The Balaban J connectivity index is 2.29. The maximum absolute atomic E-state index is 12.9. The summed E-state index contributed by atoms with van der Waals surface area (Å²) in [5.74, 6) is -0.807. The minimum atomic E-state index is -4.98. The normalized spacial score (nSPS) is 12.3. The molecule has 1 N–H and O–H groups in total. The Morgan fingerprint density at radius 3 is 1.78 bits per heavy atom. The lowest BCUT2D eigenvalue weighted by Gasteiger charge is -2.15. The summed E-state index contributed by atoms with van der Waals surface area (Å²) in [6, 6.07) is 7.15. The van der Waals surface area contributed by atoms with Crippen LogP contribution in [-0.4, -0.2) is 24.9 Å².